The third kappa shape index (κ3) is 4.55. The molecule has 0 unspecified atom stereocenters. The maximum Gasteiger partial charge on any atom is 0.339 e. The third-order valence-electron chi connectivity index (χ3n) is 4.32. The SMILES string of the molecule is CC[C@H](OC(=O)c1cc(C)nc2ccccc12)C(=O)Nc1ccc([N+](=O)[O-])cc1. The highest BCUT2D eigenvalue weighted by molar-refractivity contribution is 6.05. The van der Waals surface area contributed by atoms with Crippen molar-refractivity contribution in [3.63, 3.8) is 0 Å². The Balaban J connectivity index is 1.76. The molecule has 3 rings (SSSR count). The smallest absolute Gasteiger partial charge is 0.339 e. The number of pyridine rings is 1. The number of non-ortho nitro benzene ring substituents is 1. The molecule has 1 aromatic heterocycles. The molecule has 1 amide bonds. The van der Waals surface area contributed by atoms with Gasteiger partial charge in [0.05, 0.1) is 16.0 Å². The van der Waals surface area contributed by atoms with E-state index in [0.29, 0.717) is 27.8 Å². The maximum absolute atomic E-state index is 12.8. The first-order chi connectivity index (χ1) is 13.9. The van der Waals surface area contributed by atoms with Gasteiger partial charge in [-0.2, -0.15) is 0 Å². The van der Waals surface area contributed by atoms with Gasteiger partial charge in [0, 0.05) is 28.9 Å². The minimum Gasteiger partial charge on any atom is -0.449 e. The summed E-state index contributed by atoms with van der Waals surface area (Å²) in [5.41, 5.74) is 1.97. The fourth-order valence-corrected chi connectivity index (χ4v) is 2.88. The predicted octanol–water partition coefficient (Wildman–Crippen LogP) is 4.03. The van der Waals surface area contributed by atoms with Gasteiger partial charge in [-0.1, -0.05) is 25.1 Å². The molecule has 0 radical (unpaired) electrons. The second kappa shape index (κ2) is 8.47. The average Bonchev–Trinajstić information content (AvgIpc) is 2.71. The lowest BCUT2D eigenvalue weighted by Crippen LogP contribution is -2.32. The van der Waals surface area contributed by atoms with Crippen molar-refractivity contribution in [1.29, 1.82) is 0 Å². The third-order valence-corrected chi connectivity index (χ3v) is 4.32. The number of nitrogens with zero attached hydrogens (tertiary/aromatic N) is 2. The van der Waals surface area contributed by atoms with E-state index in [1.807, 2.05) is 6.07 Å². The summed E-state index contributed by atoms with van der Waals surface area (Å²) in [6, 6.07) is 14.3. The number of nitro benzene ring substituents is 1. The number of fused-ring (bicyclic) bond motifs is 1. The summed E-state index contributed by atoms with van der Waals surface area (Å²) in [6.45, 7) is 3.51. The van der Waals surface area contributed by atoms with E-state index in [-0.39, 0.29) is 12.1 Å². The number of anilines is 1. The van der Waals surface area contributed by atoms with E-state index in [9.17, 15) is 19.7 Å². The van der Waals surface area contributed by atoms with Crippen molar-refractivity contribution < 1.29 is 19.2 Å². The molecule has 1 heterocycles. The molecule has 8 heteroatoms. The Morgan fingerprint density at radius 2 is 1.86 bits per heavy atom. The van der Waals surface area contributed by atoms with E-state index in [0.717, 1.165) is 0 Å². The highest BCUT2D eigenvalue weighted by Gasteiger charge is 2.23. The van der Waals surface area contributed by atoms with Crippen LogP contribution in [-0.4, -0.2) is 27.9 Å². The van der Waals surface area contributed by atoms with Crippen LogP contribution >= 0.6 is 0 Å². The van der Waals surface area contributed by atoms with Crippen molar-refractivity contribution in [3.05, 3.63) is 76.0 Å². The number of esters is 1. The molecule has 0 bridgehead atoms. The van der Waals surface area contributed by atoms with Crippen molar-refractivity contribution in [1.82, 2.24) is 4.98 Å². The van der Waals surface area contributed by atoms with Crippen LogP contribution in [0.2, 0.25) is 0 Å². The van der Waals surface area contributed by atoms with E-state index < -0.39 is 22.9 Å². The van der Waals surface area contributed by atoms with Crippen LogP contribution in [0.25, 0.3) is 10.9 Å². The predicted molar refractivity (Wildman–Crippen MR) is 108 cm³/mol. The molecule has 0 aliphatic rings. The number of hydrogen-bond acceptors (Lipinski definition) is 6. The number of ether oxygens (including phenoxy) is 1. The lowest BCUT2D eigenvalue weighted by molar-refractivity contribution is -0.384. The summed E-state index contributed by atoms with van der Waals surface area (Å²) in [5, 5.41) is 14.0. The number of nitro groups is 1. The Hall–Kier alpha value is -3.81. The van der Waals surface area contributed by atoms with Gasteiger partial charge in [-0.15, -0.1) is 0 Å². The van der Waals surface area contributed by atoms with E-state index in [2.05, 4.69) is 10.3 Å². The Labute approximate surface area is 166 Å². The summed E-state index contributed by atoms with van der Waals surface area (Å²) >= 11 is 0. The molecule has 1 N–H and O–H groups in total. The van der Waals surface area contributed by atoms with E-state index in [1.165, 1.54) is 24.3 Å². The Bertz CT molecular complexity index is 1080. The number of nitrogens with one attached hydrogen (secondary N) is 1. The fraction of sp³-hybridized carbons (Fsp3) is 0.190. The summed E-state index contributed by atoms with van der Waals surface area (Å²) < 4.78 is 5.46. The number of rotatable bonds is 6. The number of amides is 1. The zero-order chi connectivity index (χ0) is 21.0. The minimum atomic E-state index is -1.01. The van der Waals surface area contributed by atoms with Crippen molar-refractivity contribution in [2.24, 2.45) is 0 Å². The van der Waals surface area contributed by atoms with Gasteiger partial charge >= 0.3 is 5.97 Å². The number of hydrogen-bond donors (Lipinski definition) is 1. The lowest BCUT2D eigenvalue weighted by atomic mass is 10.1. The van der Waals surface area contributed by atoms with E-state index in [4.69, 9.17) is 4.74 Å². The van der Waals surface area contributed by atoms with Gasteiger partial charge in [-0.05, 0) is 37.6 Å². The molecule has 0 fully saturated rings. The highest BCUT2D eigenvalue weighted by atomic mass is 16.6. The molecule has 1 atom stereocenters. The van der Waals surface area contributed by atoms with Crippen LogP contribution in [0, 0.1) is 17.0 Å². The number of carbonyl (C=O) groups is 2. The number of benzene rings is 2. The molecule has 2 aromatic carbocycles. The molecule has 0 aliphatic heterocycles. The van der Waals surface area contributed by atoms with Crippen LogP contribution < -0.4 is 5.32 Å². The van der Waals surface area contributed by atoms with Crippen molar-refractivity contribution in [3.8, 4) is 0 Å². The first-order valence-corrected chi connectivity index (χ1v) is 9.01. The van der Waals surface area contributed by atoms with Crippen molar-refractivity contribution in [2.45, 2.75) is 26.4 Å². The Morgan fingerprint density at radius 3 is 2.52 bits per heavy atom. The quantitative estimate of drug-likeness (QED) is 0.384. The second-order valence-electron chi connectivity index (χ2n) is 6.42. The molecule has 0 aliphatic carbocycles. The molecule has 0 spiro atoms. The van der Waals surface area contributed by atoms with Gasteiger partial charge < -0.3 is 10.1 Å². The molecule has 0 saturated heterocycles. The van der Waals surface area contributed by atoms with Crippen LogP contribution in [0.4, 0.5) is 11.4 Å². The minimum absolute atomic E-state index is 0.0820. The summed E-state index contributed by atoms with van der Waals surface area (Å²) in [5.74, 6) is -1.12. The normalized spacial score (nSPS) is 11.7. The fourth-order valence-electron chi connectivity index (χ4n) is 2.88. The van der Waals surface area contributed by atoms with Gasteiger partial charge in [0.2, 0.25) is 0 Å². The molecular weight excluding hydrogens is 374 g/mol. The number of aromatic nitrogens is 1. The van der Waals surface area contributed by atoms with Crippen molar-refractivity contribution >= 4 is 34.2 Å². The summed E-state index contributed by atoms with van der Waals surface area (Å²) in [7, 11) is 0. The van der Waals surface area contributed by atoms with Gasteiger partial charge in [0.15, 0.2) is 6.10 Å². The zero-order valence-electron chi connectivity index (χ0n) is 15.9. The summed E-state index contributed by atoms with van der Waals surface area (Å²) in [6.07, 6.45) is -0.739. The first-order valence-electron chi connectivity index (χ1n) is 9.01. The Kier molecular flexibility index (Phi) is 5.82. The molecule has 0 saturated carbocycles. The Morgan fingerprint density at radius 1 is 1.17 bits per heavy atom. The monoisotopic (exact) mass is 393 g/mol. The van der Waals surface area contributed by atoms with Gasteiger partial charge in [0.1, 0.15) is 0 Å². The highest BCUT2D eigenvalue weighted by Crippen LogP contribution is 2.21. The topological polar surface area (TPSA) is 111 Å². The van der Waals surface area contributed by atoms with Gasteiger partial charge in [-0.3, -0.25) is 19.9 Å². The number of para-hydroxylation sites is 1. The standard InChI is InChI=1S/C21H19N3O5/c1-3-19(20(25)23-14-8-10-15(11-9-14)24(27)28)29-21(26)17-12-13(2)22-18-7-5-4-6-16(17)18/h4-12,19H,3H2,1-2H3,(H,23,25)/t19-/m0/s1. The summed E-state index contributed by atoms with van der Waals surface area (Å²) in [4.78, 5) is 39.9. The molecule has 3 aromatic rings. The number of carbonyl (C=O) groups excluding carboxylic acids is 2. The van der Waals surface area contributed by atoms with Crippen LogP contribution in [0.3, 0.4) is 0 Å². The van der Waals surface area contributed by atoms with Crippen LogP contribution in [0.5, 0.6) is 0 Å². The molecular formula is C21H19N3O5. The van der Waals surface area contributed by atoms with E-state index in [1.54, 1.807) is 38.1 Å². The van der Waals surface area contributed by atoms with Crippen LogP contribution in [0.1, 0.15) is 29.4 Å². The molecule has 148 valence electrons. The molecule has 29 heavy (non-hydrogen) atoms. The number of aryl methyl sites for hydroxylation is 1. The van der Waals surface area contributed by atoms with Crippen LogP contribution in [-0.2, 0) is 9.53 Å². The van der Waals surface area contributed by atoms with Crippen LogP contribution in [0.15, 0.2) is 54.6 Å². The average molecular weight is 393 g/mol. The lowest BCUT2D eigenvalue weighted by Gasteiger charge is -2.17. The molecule has 8 nitrogen and oxygen atoms in total. The van der Waals surface area contributed by atoms with Gasteiger partial charge in [0.25, 0.3) is 11.6 Å². The van der Waals surface area contributed by atoms with Crippen molar-refractivity contribution in [2.75, 3.05) is 5.32 Å². The van der Waals surface area contributed by atoms with E-state index >= 15 is 0 Å². The van der Waals surface area contributed by atoms with Gasteiger partial charge in [-0.25, -0.2) is 4.79 Å². The first kappa shape index (κ1) is 19.9. The zero-order valence-corrected chi connectivity index (χ0v) is 15.9. The second-order valence-corrected chi connectivity index (χ2v) is 6.42. The largest absolute Gasteiger partial charge is 0.449 e. The maximum atomic E-state index is 12.8.